The van der Waals surface area contributed by atoms with Gasteiger partial charge in [0.25, 0.3) is 0 Å². The smallest absolute Gasteiger partial charge is 0.229 e. The van der Waals surface area contributed by atoms with Gasteiger partial charge in [-0.2, -0.15) is 0 Å². The maximum atomic E-state index is 5.64. The molecule has 2 nitrogen and oxygen atoms in total. The van der Waals surface area contributed by atoms with E-state index in [0.29, 0.717) is 12.5 Å². The molecule has 1 heterocycles. The second kappa shape index (κ2) is 5.63. The zero-order valence-electron chi connectivity index (χ0n) is 8.36. The molecule has 0 atom stereocenters. The summed E-state index contributed by atoms with van der Waals surface area (Å²) >= 11 is 5.58. The van der Waals surface area contributed by atoms with Crippen molar-refractivity contribution in [2.75, 3.05) is 0 Å². The lowest BCUT2D eigenvalue weighted by Crippen LogP contribution is -1.98. The van der Waals surface area contributed by atoms with Gasteiger partial charge < -0.3 is 4.74 Å². The SMILES string of the molecule is Brc1ccc(I)nc1OCc1ccccc1. The molecule has 0 saturated carbocycles. The molecule has 0 amide bonds. The van der Waals surface area contributed by atoms with Crippen molar-refractivity contribution in [2.45, 2.75) is 6.61 Å². The largest absolute Gasteiger partial charge is 0.472 e. The van der Waals surface area contributed by atoms with E-state index in [1.807, 2.05) is 42.5 Å². The van der Waals surface area contributed by atoms with E-state index in [1.54, 1.807) is 0 Å². The van der Waals surface area contributed by atoms with Crippen LogP contribution in [0.5, 0.6) is 5.88 Å². The van der Waals surface area contributed by atoms with Crippen molar-refractivity contribution in [1.82, 2.24) is 4.98 Å². The van der Waals surface area contributed by atoms with Gasteiger partial charge in [0.05, 0.1) is 4.47 Å². The van der Waals surface area contributed by atoms with Crippen molar-refractivity contribution in [3.8, 4) is 5.88 Å². The Morgan fingerprint density at radius 3 is 2.62 bits per heavy atom. The van der Waals surface area contributed by atoms with Crippen LogP contribution in [-0.2, 0) is 6.61 Å². The second-order valence-electron chi connectivity index (χ2n) is 3.20. The zero-order valence-corrected chi connectivity index (χ0v) is 12.1. The predicted molar refractivity (Wildman–Crippen MR) is 75.4 cm³/mol. The van der Waals surface area contributed by atoms with E-state index in [2.05, 4.69) is 43.5 Å². The summed E-state index contributed by atoms with van der Waals surface area (Å²) in [7, 11) is 0. The molecule has 1 aromatic carbocycles. The number of hydrogen-bond acceptors (Lipinski definition) is 2. The van der Waals surface area contributed by atoms with Gasteiger partial charge >= 0.3 is 0 Å². The summed E-state index contributed by atoms with van der Waals surface area (Å²) in [6, 6.07) is 13.9. The molecule has 2 aromatic rings. The third kappa shape index (κ3) is 3.18. The number of rotatable bonds is 3. The van der Waals surface area contributed by atoms with Crippen LogP contribution in [0.4, 0.5) is 0 Å². The number of pyridine rings is 1. The lowest BCUT2D eigenvalue weighted by molar-refractivity contribution is 0.291. The van der Waals surface area contributed by atoms with Crippen LogP contribution in [0.15, 0.2) is 46.9 Å². The summed E-state index contributed by atoms with van der Waals surface area (Å²) in [5.74, 6) is 0.635. The molecule has 0 saturated heterocycles. The molecule has 0 bridgehead atoms. The minimum absolute atomic E-state index is 0.534. The monoisotopic (exact) mass is 389 g/mol. The van der Waals surface area contributed by atoms with Crippen molar-refractivity contribution < 1.29 is 4.74 Å². The molecule has 0 N–H and O–H groups in total. The Morgan fingerprint density at radius 1 is 1.12 bits per heavy atom. The standard InChI is InChI=1S/C12H9BrINO/c13-10-6-7-11(14)15-12(10)16-8-9-4-2-1-3-5-9/h1-7H,8H2. The number of nitrogens with zero attached hydrogens (tertiary/aromatic N) is 1. The molecule has 0 fully saturated rings. The lowest BCUT2D eigenvalue weighted by atomic mass is 10.2. The first-order valence-electron chi connectivity index (χ1n) is 4.74. The molecule has 1 aromatic heterocycles. The Kier molecular flexibility index (Phi) is 4.17. The van der Waals surface area contributed by atoms with E-state index < -0.39 is 0 Å². The maximum absolute atomic E-state index is 5.64. The van der Waals surface area contributed by atoms with Gasteiger partial charge in [0.2, 0.25) is 5.88 Å². The molecule has 82 valence electrons. The van der Waals surface area contributed by atoms with Crippen LogP contribution in [0.3, 0.4) is 0 Å². The summed E-state index contributed by atoms with van der Waals surface area (Å²) in [4.78, 5) is 4.31. The number of benzene rings is 1. The first-order chi connectivity index (χ1) is 7.75. The fraction of sp³-hybridized carbons (Fsp3) is 0.0833. The third-order valence-electron chi connectivity index (χ3n) is 2.00. The van der Waals surface area contributed by atoms with Gasteiger partial charge in [-0.05, 0) is 56.2 Å². The number of hydrogen-bond donors (Lipinski definition) is 0. The Bertz CT molecular complexity index is 476. The van der Waals surface area contributed by atoms with Crippen molar-refractivity contribution in [3.05, 3.63) is 56.2 Å². The fourth-order valence-corrected chi connectivity index (χ4v) is 1.96. The van der Waals surface area contributed by atoms with Gasteiger partial charge in [-0.15, -0.1) is 0 Å². The fourth-order valence-electron chi connectivity index (χ4n) is 1.23. The molecule has 0 aliphatic rings. The Hall–Kier alpha value is -0.620. The number of aromatic nitrogens is 1. The minimum atomic E-state index is 0.534. The van der Waals surface area contributed by atoms with E-state index >= 15 is 0 Å². The highest BCUT2D eigenvalue weighted by atomic mass is 127. The van der Waals surface area contributed by atoms with Gasteiger partial charge in [-0.25, -0.2) is 4.98 Å². The first kappa shape index (κ1) is 11.9. The highest BCUT2D eigenvalue weighted by molar-refractivity contribution is 14.1. The van der Waals surface area contributed by atoms with Crippen LogP contribution in [0, 0.1) is 3.70 Å². The molecule has 0 radical (unpaired) electrons. The highest BCUT2D eigenvalue weighted by Gasteiger charge is 2.03. The first-order valence-corrected chi connectivity index (χ1v) is 6.61. The van der Waals surface area contributed by atoms with E-state index in [9.17, 15) is 0 Å². The van der Waals surface area contributed by atoms with Crippen LogP contribution in [0.25, 0.3) is 0 Å². The van der Waals surface area contributed by atoms with Crippen LogP contribution in [0.1, 0.15) is 5.56 Å². The normalized spacial score (nSPS) is 10.1. The third-order valence-corrected chi connectivity index (χ3v) is 3.20. The molecule has 2 rings (SSSR count). The minimum Gasteiger partial charge on any atom is -0.472 e. The summed E-state index contributed by atoms with van der Waals surface area (Å²) in [5.41, 5.74) is 1.13. The van der Waals surface area contributed by atoms with Crippen molar-refractivity contribution in [2.24, 2.45) is 0 Å². The molecule has 0 aliphatic heterocycles. The molecular weight excluding hydrogens is 381 g/mol. The van der Waals surface area contributed by atoms with Gasteiger partial charge in [-0.3, -0.25) is 0 Å². The Labute approximate surface area is 116 Å². The van der Waals surface area contributed by atoms with Gasteiger partial charge in [0.15, 0.2) is 0 Å². The van der Waals surface area contributed by atoms with Crippen LogP contribution in [-0.4, -0.2) is 4.98 Å². The average Bonchev–Trinajstić information content (AvgIpc) is 2.32. The van der Waals surface area contributed by atoms with Crippen molar-refractivity contribution in [3.63, 3.8) is 0 Å². The van der Waals surface area contributed by atoms with Crippen molar-refractivity contribution in [1.29, 1.82) is 0 Å². The predicted octanol–water partition coefficient (Wildman–Crippen LogP) is 4.03. The summed E-state index contributed by atoms with van der Waals surface area (Å²) < 4.78 is 7.44. The molecule has 16 heavy (non-hydrogen) atoms. The zero-order chi connectivity index (χ0) is 11.4. The van der Waals surface area contributed by atoms with E-state index in [4.69, 9.17) is 4.74 Å². The van der Waals surface area contributed by atoms with Gasteiger partial charge in [0.1, 0.15) is 10.3 Å². The van der Waals surface area contributed by atoms with Gasteiger partial charge in [0, 0.05) is 0 Å². The van der Waals surface area contributed by atoms with Crippen LogP contribution >= 0.6 is 38.5 Å². The number of ether oxygens (including phenoxy) is 1. The maximum Gasteiger partial charge on any atom is 0.229 e. The molecule has 0 aliphatic carbocycles. The average molecular weight is 390 g/mol. The summed E-state index contributed by atoms with van der Waals surface area (Å²) in [5, 5.41) is 0. The lowest BCUT2D eigenvalue weighted by Gasteiger charge is -2.07. The Balaban J connectivity index is 2.08. The summed E-state index contributed by atoms with van der Waals surface area (Å²) in [6.45, 7) is 0.534. The van der Waals surface area contributed by atoms with Crippen LogP contribution in [0.2, 0.25) is 0 Å². The number of halogens is 2. The quantitative estimate of drug-likeness (QED) is 0.584. The van der Waals surface area contributed by atoms with E-state index in [0.717, 1.165) is 13.7 Å². The Morgan fingerprint density at radius 2 is 1.88 bits per heavy atom. The second-order valence-corrected chi connectivity index (χ2v) is 5.15. The topological polar surface area (TPSA) is 22.1 Å². The van der Waals surface area contributed by atoms with E-state index in [-0.39, 0.29) is 0 Å². The van der Waals surface area contributed by atoms with Crippen molar-refractivity contribution >= 4 is 38.5 Å². The van der Waals surface area contributed by atoms with Gasteiger partial charge in [-0.1, -0.05) is 30.3 Å². The molecule has 0 unspecified atom stereocenters. The molecule has 0 spiro atoms. The highest BCUT2D eigenvalue weighted by Crippen LogP contribution is 2.23. The van der Waals surface area contributed by atoms with Crippen LogP contribution < -0.4 is 4.74 Å². The summed E-state index contributed by atoms with van der Waals surface area (Å²) in [6.07, 6.45) is 0. The van der Waals surface area contributed by atoms with E-state index in [1.165, 1.54) is 0 Å². The molecule has 4 heteroatoms. The molecular formula is C12H9BrINO.